The van der Waals surface area contributed by atoms with Gasteiger partial charge in [-0.2, -0.15) is 0 Å². The quantitative estimate of drug-likeness (QED) is 0.677. The highest BCUT2D eigenvalue weighted by atomic mass is 16.5. The van der Waals surface area contributed by atoms with Gasteiger partial charge in [-0.05, 0) is 7.05 Å². The highest BCUT2D eigenvalue weighted by Gasteiger charge is 2.12. The number of hydrogen-bond donors (Lipinski definition) is 1. The van der Waals surface area contributed by atoms with Crippen LogP contribution in [-0.4, -0.2) is 70.0 Å². The molecule has 1 aliphatic rings. The maximum atomic E-state index is 4.96. The van der Waals surface area contributed by atoms with Crippen LogP contribution < -0.4 is 5.32 Å². The maximum Gasteiger partial charge on any atom is 0.0587 e. The van der Waals surface area contributed by atoms with Gasteiger partial charge in [0.25, 0.3) is 0 Å². The first-order chi connectivity index (χ1) is 7.33. The van der Waals surface area contributed by atoms with Crippen molar-refractivity contribution in [3.63, 3.8) is 0 Å². The monoisotopic (exact) mass is 217 g/mol. The molecule has 0 radical (unpaired) electrons. The van der Waals surface area contributed by atoms with E-state index in [4.69, 9.17) is 4.74 Å². The van der Waals surface area contributed by atoms with E-state index >= 15 is 0 Å². The largest absolute Gasteiger partial charge is 0.383 e. The Morgan fingerprint density at radius 1 is 1.13 bits per heavy atom. The Balaban J connectivity index is 0.000000921. The van der Waals surface area contributed by atoms with Gasteiger partial charge in [-0.25, -0.2) is 0 Å². The van der Waals surface area contributed by atoms with Crippen LogP contribution in [0.1, 0.15) is 13.8 Å². The smallest absolute Gasteiger partial charge is 0.0587 e. The molecule has 0 aromatic rings. The minimum absolute atomic E-state index is 0.799. The summed E-state index contributed by atoms with van der Waals surface area (Å²) in [6, 6.07) is 0. The summed E-state index contributed by atoms with van der Waals surface area (Å²) >= 11 is 0. The van der Waals surface area contributed by atoms with Crippen molar-refractivity contribution in [1.29, 1.82) is 0 Å². The van der Waals surface area contributed by atoms with E-state index in [9.17, 15) is 0 Å². The van der Waals surface area contributed by atoms with Crippen molar-refractivity contribution in [2.45, 2.75) is 13.8 Å². The molecule has 0 bridgehead atoms. The molecule has 0 aromatic carbocycles. The zero-order chi connectivity index (χ0) is 11.5. The van der Waals surface area contributed by atoms with Gasteiger partial charge in [-0.1, -0.05) is 13.8 Å². The molecule has 0 spiro atoms. The fourth-order valence-corrected chi connectivity index (χ4v) is 1.42. The molecule has 1 N–H and O–H groups in total. The number of ether oxygens (including phenoxy) is 1. The predicted octanol–water partition coefficient (Wildman–Crippen LogP) is 0.454. The Morgan fingerprint density at radius 3 is 2.27 bits per heavy atom. The lowest BCUT2D eigenvalue weighted by Crippen LogP contribution is -2.48. The molecule has 4 heteroatoms. The SMILES string of the molecule is CC.COCCNCN1CCN(C)CC1. The maximum absolute atomic E-state index is 4.96. The summed E-state index contributed by atoms with van der Waals surface area (Å²) in [4.78, 5) is 4.81. The molecule has 92 valence electrons. The van der Waals surface area contributed by atoms with Gasteiger partial charge in [0.2, 0.25) is 0 Å². The third-order valence-electron chi connectivity index (χ3n) is 2.41. The average Bonchev–Trinajstić information content (AvgIpc) is 2.30. The Labute approximate surface area is 94.6 Å². The van der Waals surface area contributed by atoms with Crippen LogP contribution in [0, 0.1) is 0 Å². The van der Waals surface area contributed by atoms with Crippen molar-refractivity contribution >= 4 is 0 Å². The third kappa shape index (κ3) is 7.73. The van der Waals surface area contributed by atoms with E-state index in [-0.39, 0.29) is 0 Å². The number of nitrogens with zero attached hydrogens (tertiary/aromatic N) is 2. The minimum atomic E-state index is 0.799. The number of hydrogen-bond acceptors (Lipinski definition) is 4. The van der Waals surface area contributed by atoms with E-state index in [0.717, 1.165) is 19.8 Å². The van der Waals surface area contributed by atoms with Crippen LogP contribution in [-0.2, 0) is 4.74 Å². The highest BCUT2D eigenvalue weighted by Crippen LogP contribution is 1.96. The first-order valence-electron chi connectivity index (χ1n) is 5.93. The van der Waals surface area contributed by atoms with Crippen molar-refractivity contribution in [3.8, 4) is 0 Å². The molecule has 0 aliphatic carbocycles. The fraction of sp³-hybridized carbons (Fsp3) is 1.00. The van der Waals surface area contributed by atoms with E-state index in [1.807, 2.05) is 13.8 Å². The molecule has 1 rings (SSSR count). The second-order valence-electron chi connectivity index (χ2n) is 3.57. The molecule has 1 heterocycles. The lowest BCUT2D eigenvalue weighted by molar-refractivity contribution is 0.137. The lowest BCUT2D eigenvalue weighted by atomic mass is 10.3. The summed E-state index contributed by atoms with van der Waals surface area (Å²) in [6.45, 7) is 11.5. The van der Waals surface area contributed by atoms with E-state index in [1.54, 1.807) is 7.11 Å². The highest BCUT2D eigenvalue weighted by molar-refractivity contribution is 4.68. The Bertz CT molecular complexity index is 125. The van der Waals surface area contributed by atoms with Crippen LogP contribution in [0.3, 0.4) is 0 Å². The van der Waals surface area contributed by atoms with Crippen LogP contribution in [0.2, 0.25) is 0 Å². The first-order valence-corrected chi connectivity index (χ1v) is 5.93. The average molecular weight is 217 g/mol. The number of piperazine rings is 1. The molecule has 0 atom stereocenters. The van der Waals surface area contributed by atoms with Crippen molar-refractivity contribution < 1.29 is 4.74 Å². The van der Waals surface area contributed by atoms with Crippen molar-refractivity contribution in [3.05, 3.63) is 0 Å². The van der Waals surface area contributed by atoms with Crippen molar-refractivity contribution in [2.75, 3.05) is 60.2 Å². The fourth-order valence-electron chi connectivity index (χ4n) is 1.42. The Morgan fingerprint density at radius 2 is 1.73 bits per heavy atom. The number of likely N-dealkylation sites (N-methyl/N-ethyl adjacent to an activating group) is 1. The predicted molar refractivity (Wildman–Crippen MR) is 65.2 cm³/mol. The molecule has 15 heavy (non-hydrogen) atoms. The second kappa shape index (κ2) is 10.4. The van der Waals surface area contributed by atoms with Crippen LogP contribution in [0.5, 0.6) is 0 Å². The van der Waals surface area contributed by atoms with E-state index in [0.29, 0.717) is 0 Å². The molecule has 1 fully saturated rings. The summed E-state index contributed by atoms with van der Waals surface area (Å²) in [7, 11) is 3.91. The van der Waals surface area contributed by atoms with Crippen LogP contribution in [0.15, 0.2) is 0 Å². The molecule has 0 aromatic heterocycles. The Hall–Kier alpha value is -0.160. The van der Waals surface area contributed by atoms with Gasteiger partial charge in [0, 0.05) is 46.5 Å². The molecule has 1 saturated heterocycles. The normalized spacial score (nSPS) is 18.4. The van der Waals surface area contributed by atoms with E-state index < -0.39 is 0 Å². The minimum Gasteiger partial charge on any atom is -0.383 e. The van der Waals surface area contributed by atoms with Gasteiger partial charge >= 0.3 is 0 Å². The van der Waals surface area contributed by atoms with Crippen LogP contribution >= 0.6 is 0 Å². The van der Waals surface area contributed by atoms with Crippen molar-refractivity contribution in [2.24, 2.45) is 0 Å². The number of rotatable bonds is 5. The lowest BCUT2D eigenvalue weighted by Gasteiger charge is -2.32. The van der Waals surface area contributed by atoms with Gasteiger partial charge < -0.3 is 15.0 Å². The Kier molecular flexibility index (Phi) is 10.3. The number of nitrogens with one attached hydrogen (secondary N) is 1. The third-order valence-corrected chi connectivity index (χ3v) is 2.41. The molecular formula is C11H27N3O. The van der Waals surface area contributed by atoms with Crippen molar-refractivity contribution in [1.82, 2.24) is 15.1 Å². The molecule has 0 saturated carbocycles. The molecule has 1 aliphatic heterocycles. The van der Waals surface area contributed by atoms with Gasteiger partial charge in [-0.15, -0.1) is 0 Å². The van der Waals surface area contributed by atoms with Gasteiger partial charge in [0.05, 0.1) is 6.61 Å². The summed E-state index contributed by atoms with van der Waals surface area (Å²) in [6.07, 6.45) is 0. The van der Waals surface area contributed by atoms with Gasteiger partial charge in [-0.3, -0.25) is 4.90 Å². The second-order valence-corrected chi connectivity index (χ2v) is 3.57. The zero-order valence-electron chi connectivity index (χ0n) is 10.8. The summed E-state index contributed by atoms with van der Waals surface area (Å²) in [5.74, 6) is 0. The topological polar surface area (TPSA) is 27.7 Å². The van der Waals surface area contributed by atoms with Gasteiger partial charge in [0.15, 0.2) is 0 Å². The van der Waals surface area contributed by atoms with Crippen LogP contribution in [0.25, 0.3) is 0 Å². The van der Waals surface area contributed by atoms with E-state index in [1.165, 1.54) is 26.2 Å². The molecule has 0 amide bonds. The van der Waals surface area contributed by atoms with E-state index in [2.05, 4.69) is 22.2 Å². The zero-order valence-corrected chi connectivity index (χ0v) is 10.8. The summed E-state index contributed by atoms with van der Waals surface area (Å²) in [5.41, 5.74) is 0. The summed E-state index contributed by atoms with van der Waals surface area (Å²) < 4.78 is 4.96. The van der Waals surface area contributed by atoms with Gasteiger partial charge in [0.1, 0.15) is 0 Å². The first kappa shape index (κ1) is 14.8. The molecule has 0 unspecified atom stereocenters. The summed E-state index contributed by atoms with van der Waals surface area (Å²) in [5, 5.41) is 3.35. The number of methoxy groups -OCH3 is 1. The molecular weight excluding hydrogens is 190 g/mol. The van der Waals surface area contributed by atoms with Crippen LogP contribution in [0.4, 0.5) is 0 Å². The standard InChI is InChI=1S/C9H21N3O.C2H6/c1-11-4-6-12(7-5-11)9-10-3-8-13-2;1-2/h10H,3-9H2,1-2H3;1-2H3. The molecule has 4 nitrogen and oxygen atoms in total.